The Balaban J connectivity index is 2.33. The lowest BCUT2D eigenvalue weighted by Gasteiger charge is -2.07. The first-order valence-corrected chi connectivity index (χ1v) is 8.52. The molecule has 0 atom stereocenters. The van der Waals surface area contributed by atoms with Crippen molar-refractivity contribution >= 4 is 27.2 Å². The third kappa shape index (κ3) is 3.67. The van der Waals surface area contributed by atoms with Crippen molar-refractivity contribution in [3.63, 3.8) is 0 Å². The van der Waals surface area contributed by atoms with Gasteiger partial charge in [-0.05, 0) is 42.3 Å². The van der Waals surface area contributed by atoms with Crippen LogP contribution in [0.2, 0.25) is 5.02 Å². The number of methoxy groups -OCH3 is 1. The molecule has 0 heterocycles. The van der Waals surface area contributed by atoms with Crippen LogP contribution in [-0.2, 0) is 14.6 Å². The average molecular weight is 339 g/mol. The van der Waals surface area contributed by atoms with E-state index in [0.29, 0.717) is 10.8 Å². The van der Waals surface area contributed by atoms with Gasteiger partial charge < -0.3 is 4.74 Å². The van der Waals surface area contributed by atoms with Crippen LogP contribution in [0.1, 0.15) is 6.92 Å². The first-order chi connectivity index (χ1) is 10.3. The highest BCUT2D eigenvalue weighted by molar-refractivity contribution is 7.92. The summed E-state index contributed by atoms with van der Waals surface area (Å²) in [5.74, 6) is -0.294. The second-order valence-electron chi connectivity index (χ2n) is 4.83. The quantitative estimate of drug-likeness (QED) is 0.838. The van der Waals surface area contributed by atoms with Crippen LogP contribution in [0.5, 0.6) is 5.75 Å². The van der Waals surface area contributed by atoms with E-state index in [1.54, 1.807) is 24.3 Å². The van der Waals surface area contributed by atoms with Gasteiger partial charge >= 0.3 is 0 Å². The molecule has 22 heavy (non-hydrogen) atoms. The number of rotatable bonds is 5. The first kappa shape index (κ1) is 16.5. The van der Waals surface area contributed by atoms with Crippen molar-refractivity contribution in [2.75, 3.05) is 12.9 Å². The molecule has 4 nitrogen and oxygen atoms in total. The maximum Gasteiger partial charge on any atom is 0.185 e. The van der Waals surface area contributed by atoms with Crippen LogP contribution in [0.15, 0.2) is 47.4 Å². The van der Waals surface area contributed by atoms with Crippen molar-refractivity contribution < 1.29 is 17.9 Å². The number of halogens is 1. The van der Waals surface area contributed by atoms with Crippen LogP contribution in [0.25, 0.3) is 11.1 Å². The van der Waals surface area contributed by atoms with Gasteiger partial charge in [-0.1, -0.05) is 29.8 Å². The summed E-state index contributed by atoms with van der Waals surface area (Å²) in [7, 11) is -2.04. The van der Waals surface area contributed by atoms with Gasteiger partial charge in [0.2, 0.25) is 0 Å². The highest BCUT2D eigenvalue weighted by Crippen LogP contribution is 2.30. The summed E-state index contributed by atoms with van der Waals surface area (Å²) in [6, 6.07) is 11.7. The second-order valence-corrected chi connectivity index (χ2v) is 7.23. The Morgan fingerprint density at radius 2 is 1.68 bits per heavy atom. The molecule has 0 unspecified atom stereocenters. The Labute approximate surface area is 134 Å². The zero-order valence-corrected chi connectivity index (χ0v) is 13.7. The maximum absolute atomic E-state index is 12.0. The lowest BCUT2D eigenvalue weighted by molar-refractivity contribution is -0.114. The van der Waals surface area contributed by atoms with E-state index in [1.807, 2.05) is 6.07 Å². The fourth-order valence-electron chi connectivity index (χ4n) is 2.05. The molecule has 0 aliphatic rings. The SMILES string of the molecule is COc1ccc(-c2ccc(S(=O)(=O)CC(C)=O)cc2)cc1Cl. The van der Waals surface area contributed by atoms with Gasteiger partial charge in [-0.15, -0.1) is 0 Å². The van der Waals surface area contributed by atoms with Crippen LogP contribution in [-0.4, -0.2) is 27.1 Å². The second kappa shape index (κ2) is 6.50. The number of Topliss-reactive ketones (excluding diaryl/α,β-unsaturated/α-hetero) is 1. The Kier molecular flexibility index (Phi) is 4.88. The van der Waals surface area contributed by atoms with Crippen LogP contribution in [0, 0.1) is 0 Å². The average Bonchev–Trinajstić information content (AvgIpc) is 2.46. The fourth-order valence-corrected chi connectivity index (χ4v) is 3.56. The zero-order valence-electron chi connectivity index (χ0n) is 12.2. The molecule has 0 aliphatic heterocycles. The molecule has 0 saturated carbocycles. The van der Waals surface area contributed by atoms with E-state index in [9.17, 15) is 13.2 Å². The molecule has 2 rings (SSSR count). The summed E-state index contributed by atoms with van der Waals surface area (Å²) in [4.78, 5) is 11.1. The standard InChI is InChI=1S/C16H15ClO4S/c1-11(18)10-22(19,20)14-6-3-12(4-7-14)13-5-8-16(21-2)15(17)9-13/h3-9H,10H2,1-2H3. The predicted molar refractivity (Wildman–Crippen MR) is 86.2 cm³/mol. The zero-order chi connectivity index (χ0) is 16.3. The minimum absolute atomic E-state index is 0.131. The number of benzene rings is 2. The summed E-state index contributed by atoms with van der Waals surface area (Å²) >= 11 is 6.08. The van der Waals surface area contributed by atoms with E-state index in [0.717, 1.165) is 11.1 Å². The highest BCUT2D eigenvalue weighted by Gasteiger charge is 2.16. The maximum atomic E-state index is 12.0. The van der Waals surface area contributed by atoms with Crippen LogP contribution in [0.4, 0.5) is 0 Å². The van der Waals surface area contributed by atoms with Gasteiger partial charge in [0, 0.05) is 0 Å². The van der Waals surface area contributed by atoms with Crippen molar-refractivity contribution in [1.29, 1.82) is 0 Å². The van der Waals surface area contributed by atoms with Crippen molar-refractivity contribution in [3.8, 4) is 16.9 Å². The van der Waals surface area contributed by atoms with E-state index in [4.69, 9.17) is 16.3 Å². The Morgan fingerprint density at radius 3 is 2.18 bits per heavy atom. The molecule has 2 aromatic carbocycles. The molecule has 2 aromatic rings. The number of carbonyl (C=O) groups is 1. The van der Waals surface area contributed by atoms with Gasteiger partial charge in [0.05, 0.1) is 17.0 Å². The normalized spacial score (nSPS) is 11.2. The first-order valence-electron chi connectivity index (χ1n) is 6.49. The van der Waals surface area contributed by atoms with E-state index in [1.165, 1.54) is 26.2 Å². The van der Waals surface area contributed by atoms with Crippen LogP contribution < -0.4 is 4.74 Å². The fraction of sp³-hybridized carbons (Fsp3) is 0.188. The Hall–Kier alpha value is -1.85. The number of ether oxygens (including phenoxy) is 1. The Bertz CT molecular complexity index is 795. The summed E-state index contributed by atoms with van der Waals surface area (Å²) in [6.07, 6.45) is 0. The minimum atomic E-state index is -3.57. The third-order valence-corrected chi connectivity index (χ3v) is 5.16. The molecular weight excluding hydrogens is 324 g/mol. The Morgan fingerprint density at radius 1 is 1.09 bits per heavy atom. The van der Waals surface area contributed by atoms with Gasteiger partial charge in [-0.3, -0.25) is 4.79 Å². The van der Waals surface area contributed by atoms with Crippen molar-refractivity contribution in [2.24, 2.45) is 0 Å². The molecule has 116 valence electrons. The summed E-state index contributed by atoms with van der Waals surface area (Å²) in [5, 5.41) is 0.480. The third-order valence-electron chi connectivity index (χ3n) is 3.09. The van der Waals surface area contributed by atoms with Gasteiger partial charge in [0.1, 0.15) is 17.3 Å². The number of carbonyl (C=O) groups excluding carboxylic acids is 1. The molecule has 0 bridgehead atoms. The molecular formula is C16H15ClO4S. The number of hydrogen-bond donors (Lipinski definition) is 0. The number of ketones is 1. The van der Waals surface area contributed by atoms with Crippen LogP contribution >= 0.6 is 11.6 Å². The summed E-state index contributed by atoms with van der Waals surface area (Å²) in [5.41, 5.74) is 1.67. The smallest absolute Gasteiger partial charge is 0.185 e. The van der Waals surface area contributed by atoms with Crippen molar-refractivity contribution in [2.45, 2.75) is 11.8 Å². The van der Waals surface area contributed by atoms with E-state index in [-0.39, 0.29) is 10.7 Å². The number of hydrogen-bond acceptors (Lipinski definition) is 4. The molecule has 0 fully saturated rings. The summed E-state index contributed by atoms with van der Waals surface area (Å²) in [6.45, 7) is 1.26. The molecule has 0 N–H and O–H groups in total. The molecule has 0 spiro atoms. The molecule has 0 aromatic heterocycles. The molecule has 0 saturated heterocycles. The van der Waals surface area contributed by atoms with E-state index < -0.39 is 15.6 Å². The molecule has 0 radical (unpaired) electrons. The van der Waals surface area contributed by atoms with Gasteiger partial charge in [0.15, 0.2) is 9.84 Å². The topological polar surface area (TPSA) is 60.4 Å². The number of sulfone groups is 1. The lowest BCUT2D eigenvalue weighted by atomic mass is 10.1. The van der Waals surface area contributed by atoms with Crippen molar-refractivity contribution in [1.82, 2.24) is 0 Å². The molecule has 6 heteroatoms. The van der Waals surface area contributed by atoms with Crippen LogP contribution in [0.3, 0.4) is 0 Å². The predicted octanol–water partition coefficient (Wildman–Crippen LogP) is 3.38. The van der Waals surface area contributed by atoms with E-state index >= 15 is 0 Å². The lowest BCUT2D eigenvalue weighted by Crippen LogP contribution is -2.13. The monoisotopic (exact) mass is 338 g/mol. The van der Waals surface area contributed by atoms with Gasteiger partial charge in [-0.25, -0.2) is 8.42 Å². The van der Waals surface area contributed by atoms with E-state index in [2.05, 4.69) is 0 Å². The molecule has 0 aliphatic carbocycles. The van der Waals surface area contributed by atoms with Gasteiger partial charge in [-0.2, -0.15) is 0 Å². The minimum Gasteiger partial charge on any atom is -0.495 e. The van der Waals surface area contributed by atoms with Crippen molar-refractivity contribution in [3.05, 3.63) is 47.5 Å². The highest BCUT2D eigenvalue weighted by atomic mass is 35.5. The summed E-state index contributed by atoms with van der Waals surface area (Å²) < 4.78 is 29.0. The van der Waals surface area contributed by atoms with Gasteiger partial charge in [0.25, 0.3) is 0 Å². The largest absolute Gasteiger partial charge is 0.495 e. The molecule has 0 amide bonds.